The predicted molar refractivity (Wildman–Crippen MR) is 124 cm³/mol. The average molecular weight is 517 g/mol. The Labute approximate surface area is 203 Å². The zero-order valence-electron chi connectivity index (χ0n) is 18.6. The Morgan fingerprint density at radius 1 is 0.972 bits per heavy atom. The van der Waals surface area contributed by atoms with E-state index in [1.54, 1.807) is 37.3 Å². The zero-order valence-corrected chi connectivity index (χ0v) is 19.4. The first-order valence-electron chi connectivity index (χ1n) is 10.4. The number of aryl methyl sites for hydroxylation is 1. The zero-order chi connectivity index (χ0) is 26.1. The van der Waals surface area contributed by atoms with E-state index in [1.807, 2.05) is 0 Å². The molecule has 4 aromatic rings. The van der Waals surface area contributed by atoms with Crippen LogP contribution in [0.1, 0.15) is 22.7 Å². The van der Waals surface area contributed by atoms with Gasteiger partial charge in [0, 0.05) is 17.5 Å². The monoisotopic (exact) mass is 517 g/mol. The Kier molecular flexibility index (Phi) is 6.70. The topological polar surface area (TPSA) is 103 Å². The lowest BCUT2D eigenvalue weighted by atomic mass is 10.1. The van der Waals surface area contributed by atoms with Crippen LogP contribution in [0.3, 0.4) is 0 Å². The van der Waals surface area contributed by atoms with Crippen LogP contribution in [0.15, 0.2) is 93.0 Å². The molecule has 0 aliphatic carbocycles. The minimum absolute atomic E-state index is 0.0750. The van der Waals surface area contributed by atoms with E-state index < -0.39 is 50.4 Å². The number of rotatable bonds is 6. The third-order valence-electron chi connectivity index (χ3n) is 5.21. The quantitative estimate of drug-likeness (QED) is 0.225. The number of hydrogen-bond donors (Lipinski definition) is 1. The molecule has 0 unspecified atom stereocenters. The molecule has 1 aromatic heterocycles. The fraction of sp³-hybridized carbons (Fsp3) is 0.120. The molecule has 4 rings (SSSR count). The first kappa shape index (κ1) is 25.1. The molecular formula is C25H18F3NO6S. The summed E-state index contributed by atoms with van der Waals surface area (Å²) in [6.07, 6.45) is -4.81. The van der Waals surface area contributed by atoms with Crippen LogP contribution in [0.4, 0.5) is 13.2 Å². The van der Waals surface area contributed by atoms with Crippen molar-refractivity contribution in [3.05, 3.63) is 106 Å². The average Bonchev–Trinajstić information content (AvgIpc) is 2.82. The number of hydrogen-bond acceptors (Lipinski definition) is 6. The molecule has 0 radical (unpaired) electrons. The summed E-state index contributed by atoms with van der Waals surface area (Å²) in [6.45, 7) is 1.79. The van der Waals surface area contributed by atoms with Crippen LogP contribution < -0.4 is 15.1 Å². The van der Waals surface area contributed by atoms with Gasteiger partial charge in [0.15, 0.2) is 0 Å². The van der Waals surface area contributed by atoms with Crippen LogP contribution in [0.2, 0.25) is 0 Å². The fourth-order valence-corrected chi connectivity index (χ4v) is 4.63. The van der Waals surface area contributed by atoms with Gasteiger partial charge < -0.3 is 9.15 Å². The second kappa shape index (κ2) is 9.59. The van der Waals surface area contributed by atoms with Crippen LogP contribution in [-0.2, 0) is 21.0 Å². The normalized spacial score (nSPS) is 12.9. The molecule has 36 heavy (non-hydrogen) atoms. The van der Waals surface area contributed by atoms with E-state index in [1.165, 1.54) is 24.3 Å². The van der Waals surface area contributed by atoms with Crippen molar-refractivity contribution < 1.29 is 35.5 Å². The van der Waals surface area contributed by atoms with Gasteiger partial charge in [-0.3, -0.25) is 0 Å². The molecule has 1 heterocycles. The second-order valence-corrected chi connectivity index (χ2v) is 9.55. The number of carbonyl (C=O) groups excluding carboxylic acids is 1. The number of alkyl halides is 3. The minimum Gasteiger partial charge on any atom is -0.425 e. The lowest BCUT2D eigenvalue weighted by Crippen LogP contribution is -2.36. The summed E-state index contributed by atoms with van der Waals surface area (Å²) in [5.41, 5.74) is -1.77. The Balaban J connectivity index is 1.68. The maximum Gasteiger partial charge on any atom is 0.417 e. The van der Waals surface area contributed by atoms with Gasteiger partial charge >= 0.3 is 17.8 Å². The molecule has 7 nitrogen and oxygen atoms in total. The van der Waals surface area contributed by atoms with Crippen molar-refractivity contribution in [2.45, 2.75) is 24.0 Å². The van der Waals surface area contributed by atoms with Gasteiger partial charge in [0.2, 0.25) is 10.0 Å². The predicted octanol–water partition coefficient (Wildman–Crippen LogP) is 4.75. The number of carbonyl (C=O) groups is 1. The number of ether oxygens (including phenoxy) is 1. The van der Waals surface area contributed by atoms with Gasteiger partial charge in [-0.05, 0) is 36.8 Å². The summed E-state index contributed by atoms with van der Waals surface area (Å²) in [5.74, 6) is -1.30. The van der Waals surface area contributed by atoms with Crippen molar-refractivity contribution in [1.82, 2.24) is 4.72 Å². The Bertz CT molecular complexity index is 1580. The molecule has 0 spiro atoms. The van der Waals surface area contributed by atoms with Gasteiger partial charge in [-0.15, -0.1) is 0 Å². The van der Waals surface area contributed by atoms with E-state index in [2.05, 4.69) is 4.72 Å². The fourth-order valence-electron chi connectivity index (χ4n) is 3.45. The smallest absolute Gasteiger partial charge is 0.417 e. The van der Waals surface area contributed by atoms with Crippen LogP contribution in [0.5, 0.6) is 5.75 Å². The van der Waals surface area contributed by atoms with Crippen LogP contribution in [-0.4, -0.2) is 14.4 Å². The number of benzene rings is 3. The molecule has 1 N–H and O–H groups in total. The first-order valence-corrected chi connectivity index (χ1v) is 11.9. The first-order chi connectivity index (χ1) is 16.9. The molecular weight excluding hydrogens is 499 g/mol. The van der Waals surface area contributed by atoms with Crippen LogP contribution in [0, 0.1) is 6.92 Å². The third-order valence-corrected chi connectivity index (χ3v) is 6.65. The molecule has 0 fully saturated rings. The highest BCUT2D eigenvalue weighted by atomic mass is 32.2. The molecule has 1 atom stereocenters. The van der Waals surface area contributed by atoms with Gasteiger partial charge in [0.25, 0.3) is 0 Å². The summed E-state index contributed by atoms with van der Waals surface area (Å²) >= 11 is 0. The maximum atomic E-state index is 13.3. The van der Waals surface area contributed by atoms with Gasteiger partial charge in [-0.25, -0.2) is 18.0 Å². The summed E-state index contributed by atoms with van der Waals surface area (Å²) < 4.78 is 78.2. The third kappa shape index (κ3) is 5.47. The highest BCUT2D eigenvalue weighted by Gasteiger charge is 2.34. The van der Waals surface area contributed by atoms with E-state index >= 15 is 0 Å². The lowest BCUT2D eigenvalue weighted by molar-refractivity contribution is -0.137. The molecule has 0 saturated heterocycles. The lowest BCUT2D eigenvalue weighted by Gasteiger charge is -2.18. The minimum atomic E-state index is -4.81. The SMILES string of the molecule is Cc1ccc(S(=O)(=O)N[C@@H](C(=O)Oc2ccc3c(C(F)(F)F)cc(=O)oc3c2)c2ccccc2)cc1. The molecule has 0 aliphatic rings. The summed E-state index contributed by atoms with van der Waals surface area (Å²) in [7, 11) is -4.16. The summed E-state index contributed by atoms with van der Waals surface area (Å²) in [6, 6.07) is 15.7. The molecule has 3 aromatic carbocycles. The summed E-state index contributed by atoms with van der Waals surface area (Å²) in [5, 5.41) is -0.401. The van der Waals surface area contributed by atoms with E-state index in [-0.39, 0.29) is 16.2 Å². The van der Waals surface area contributed by atoms with Gasteiger partial charge in [-0.2, -0.15) is 17.9 Å². The number of halogens is 3. The van der Waals surface area contributed by atoms with E-state index in [0.717, 1.165) is 23.8 Å². The van der Waals surface area contributed by atoms with Crippen molar-refractivity contribution >= 4 is 27.0 Å². The largest absolute Gasteiger partial charge is 0.425 e. The van der Waals surface area contributed by atoms with Gasteiger partial charge in [0.05, 0.1) is 10.5 Å². The molecule has 11 heteroatoms. The van der Waals surface area contributed by atoms with Crippen molar-refractivity contribution in [2.24, 2.45) is 0 Å². The molecule has 0 amide bonds. The van der Waals surface area contributed by atoms with E-state index in [0.29, 0.717) is 6.07 Å². The van der Waals surface area contributed by atoms with Crippen molar-refractivity contribution in [1.29, 1.82) is 0 Å². The number of esters is 1. The highest BCUT2D eigenvalue weighted by molar-refractivity contribution is 7.89. The van der Waals surface area contributed by atoms with Gasteiger partial charge in [0.1, 0.15) is 17.4 Å². The molecule has 186 valence electrons. The molecule has 0 bridgehead atoms. The molecule has 0 saturated carbocycles. The van der Waals surface area contributed by atoms with Crippen molar-refractivity contribution in [2.75, 3.05) is 0 Å². The number of nitrogens with one attached hydrogen (secondary N) is 1. The Morgan fingerprint density at radius 2 is 1.64 bits per heavy atom. The summed E-state index contributed by atoms with van der Waals surface area (Å²) in [4.78, 5) is 24.6. The van der Waals surface area contributed by atoms with Crippen molar-refractivity contribution in [3.8, 4) is 5.75 Å². The number of sulfonamides is 1. The second-order valence-electron chi connectivity index (χ2n) is 7.83. The molecule has 0 aliphatic heterocycles. The Morgan fingerprint density at radius 3 is 2.28 bits per heavy atom. The number of fused-ring (bicyclic) bond motifs is 1. The highest BCUT2D eigenvalue weighted by Crippen LogP contribution is 2.35. The standard InChI is InChI=1S/C25H18F3NO6S/c1-15-7-10-18(11-8-15)36(32,33)29-23(16-5-3-2-4-6-16)24(31)34-17-9-12-19-20(25(26,27)28)14-22(30)35-21(19)13-17/h2-14,23,29H,1H3/t23-/m1/s1. The maximum absolute atomic E-state index is 13.3. The van der Waals surface area contributed by atoms with Crippen molar-refractivity contribution in [3.63, 3.8) is 0 Å². The van der Waals surface area contributed by atoms with E-state index in [9.17, 15) is 31.2 Å². The van der Waals surface area contributed by atoms with Gasteiger partial charge in [-0.1, -0.05) is 48.0 Å². The van der Waals surface area contributed by atoms with Crippen LogP contribution in [0.25, 0.3) is 11.0 Å². The van der Waals surface area contributed by atoms with Crippen LogP contribution >= 0.6 is 0 Å². The van der Waals surface area contributed by atoms with E-state index in [4.69, 9.17) is 9.15 Å². The Hall–Kier alpha value is -3.96.